The second kappa shape index (κ2) is 6.19. The molecule has 0 aromatic carbocycles. The van der Waals surface area contributed by atoms with E-state index >= 15 is 0 Å². The van der Waals surface area contributed by atoms with Crippen LogP contribution in [0.3, 0.4) is 0 Å². The molecule has 0 N–H and O–H groups in total. The van der Waals surface area contributed by atoms with E-state index in [1.54, 1.807) is 10.9 Å². The molecule has 2 heterocycles. The van der Waals surface area contributed by atoms with Crippen LogP contribution in [0.1, 0.15) is 31.7 Å². The summed E-state index contributed by atoms with van der Waals surface area (Å²) < 4.78 is 7.42. The smallest absolute Gasteiger partial charge is 0.215 e. The van der Waals surface area contributed by atoms with Crippen LogP contribution in [0.4, 0.5) is 0 Å². The van der Waals surface area contributed by atoms with Gasteiger partial charge in [-0.15, -0.1) is 0 Å². The Morgan fingerprint density at radius 1 is 1.28 bits per heavy atom. The fourth-order valence-corrected chi connectivity index (χ4v) is 1.74. The number of hydrogen-bond acceptors (Lipinski definition) is 3. The lowest BCUT2D eigenvalue weighted by molar-refractivity contribution is 0.294. The maximum absolute atomic E-state index is 5.68. The molecule has 96 valence electrons. The molecule has 0 fully saturated rings. The minimum atomic E-state index is 0.677. The fraction of sp³-hybridized carbons (Fsp3) is 0.429. The fourth-order valence-electron chi connectivity index (χ4n) is 1.74. The minimum absolute atomic E-state index is 0.677. The van der Waals surface area contributed by atoms with E-state index in [0.717, 1.165) is 24.4 Å². The van der Waals surface area contributed by atoms with Crippen LogP contribution < -0.4 is 4.74 Å². The third-order valence-electron chi connectivity index (χ3n) is 2.67. The summed E-state index contributed by atoms with van der Waals surface area (Å²) in [7, 11) is 0. The van der Waals surface area contributed by atoms with Gasteiger partial charge in [0.15, 0.2) is 5.82 Å². The summed E-state index contributed by atoms with van der Waals surface area (Å²) in [4.78, 5) is 4.45. The van der Waals surface area contributed by atoms with Gasteiger partial charge in [-0.05, 0) is 31.0 Å². The lowest BCUT2D eigenvalue weighted by Gasteiger charge is -2.08. The first-order chi connectivity index (χ1) is 8.79. The van der Waals surface area contributed by atoms with E-state index in [0.29, 0.717) is 5.88 Å². The standard InChI is InChI=1S/C14H19N3O/c1-3-4-5-9-18-14-11-12(2)10-13(16-14)17-8-6-7-15-17/h6-8,10-11H,3-5,9H2,1-2H3. The van der Waals surface area contributed by atoms with Crippen molar-refractivity contribution in [2.24, 2.45) is 0 Å². The topological polar surface area (TPSA) is 39.9 Å². The number of ether oxygens (including phenoxy) is 1. The van der Waals surface area contributed by atoms with Gasteiger partial charge in [0, 0.05) is 18.5 Å². The molecule has 0 saturated carbocycles. The molecule has 2 aromatic rings. The molecule has 4 heteroatoms. The summed E-state index contributed by atoms with van der Waals surface area (Å²) in [5.74, 6) is 1.47. The molecule has 0 atom stereocenters. The Morgan fingerprint density at radius 3 is 2.89 bits per heavy atom. The highest BCUT2D eigenvalue weighted by Crippen LogP contribution is 2.15. The molecule has 2 rings (SSSR count). The maximum Gasteiger partial charge on any atom is 0.215 e. The molecular weight excluding hydrogens is 226 g/mol. The van der Waals surface area contributed by atoms with E-state index in [-0.39, 0.29) is 0 Å². The van der Waals surface area contributed by atoms with Gasteiger partial charge in [0.05, 0.1) is 6.61 Å². The van der Waals surface area contributed by atoms with Crippen molar-refractivity contribution >= 4 is 0 Å². The molecule has 0 aliphatic rings. The molecule has 0 aliphatic heterocycles. The monoisotopic (exact) mass is 245 g/mol. The lowest BCUT2D eigenvalue weighted by Crippen LogP contribution is -2.03. The summed E-state index contributed by atoms with van der Waals surface area (Å²) in [5.41, 5.74) is 1.13. The first-order valence-electron chi connectivity index (χ1n) is 6.41. The highest BCUT2D eigenvalue weighted by molar-refractivity contribution is 5.32. The highest BCUT2D eigenvalue weighted by atomic mass is 16.5. The van der Waals surface area contributed by atoms with E-state index in [1.807, 2.05) is 31.3 Å². The predicted molar refractivity (Wildman–Crippen MR) is 71.1 cm³/mol. The Balaban J connectivity index is 2.07. The van der Waals surface area contributed by atoms with Crippen molar-refractivity contribution in [3.05, 3.63) is 36.2 Å². The summed E-state index contributed by atoms with van der Waals surface area (Å²) in [5, 5.41) is 4.18. The molecular formula is C14H19N3O. The second-order valence-corrected chi connectivity index (χ2v) is 4.35. The van der Waals surface area contributed by atoms with E-state index in [4.69, 9.17) is 4.74 Å². The Bertz CT molecular complexity index is 480. The van der Waals surface area contributed by atoms with Crippen LogP contribution in [0.25, 0.3) is 5.82 Å². The van der Waals surface area contributed by atoms with E-state index in [1.165, 1.54) is 12.8 Å². The van der Waals surface area contributed by atoms with Crippen molar-refractivity contribution in [1.82, 2.24) is 14.8 Å². The first kappa shape index (κ1) is 12.6. The Hall–Kier alpha value is -1.84. The average molecular weight is 245 g/mol. The number of aromatic nitrogens is 3. The minimum Gasteiger partial charge on any atom is -0.478 e. The van der Waals surface area contributed by atoms with Crippen LogP contribution in [0.5, 0.6) is 5.88 Å². The highest BCUT2D eigenvalue weighted by Gasteiger charge is 2.03. The van der Waals surface area contributed by atoms with Crippen LogP contribution in [-0.4, -0.2) is 21.4 Å². The Labute approximate surface area is 108 Å². The Morgan fingerprint density at radius 2 is 2.17 bits per heavy atom. The Kier molecular flexibility index (Phi) is 4.34. The van der Waals surface area contributed by atoms with E-state index in [2.05, 4.69) is 17.0 Å². The van der Waals surface area contributed by atoms with E-state index in [9.17, 15) is 0 Å². The van der Waals surface area contributed by atoms with Gasteiger partial charge in [0.1, 0.15) is 0 Å². The SMILES string of the molecule is CCCCCOc1cc(C)cc(-n2cccn2)n1. The van der Waals surface area contributed by atoms with Gasteiger partial charge in [0.2, 0.25) is 5.88 Å². The number of nitrogens with zero attached hydrogens (tertiary/aromatic N) is 3. The van der Waals surface area contributed by atoms with Gasteiger partial charge in [-0.25, -0.2) is 4.68 Å². The number of aryl methyl sites for hydroxylation is 1. The first-order valence-corrected chi connectivity index (χ1v) is 6.41. The molecule has 0 spiro atoms. The molecule has 18 heavy (non-hydrogen) atoms. The average Bonchev–Trinajstić information content (AvgIpc) is 2.88. The predicted octanol–water partition coefficient (Wildman–Crippen LogP) is 3.14. The van der Waals surface area contributed by atoms with Gasteiger partial charge >= 0.3 is 0 Å². The van der Waals surface area contributed by atoms with Crippen molar-refractivity contribution in [2.45, 2.75) is 33.1 Å². The van der Waals surface area contributed by atoms with Crippen molar-refractivity contribution < 1.29 is 4.74 Å². The molecule has 0 radical (unpaired) electrons. The molecule has 2 aromatic heterocycles. The van der Waals surface area contributed by atoms with Crippen molar-refractivity contribution in [2.75, 3.05) is 6.61 Å². The number of rotatable bonds is 6. The summed E-state index contributed by atoms with van der Waals surface area (Å²) in [6.45, 7) is 4.94. The van der Waals surface area contributed by atoms with Crippen molar-refractivity contribution in [1.29, 1.82) is 0 Å². The van der Waals surface area contributed by atoms with Crippen LogP contribution >= 0.6 is 0 Å². The summed E-state index contributed by atoms with van der Waals surface area (Å²) >= 11 is 0. The second-order valence-electron chi connectivity index (χ2n) is 4.35. The van der Waals surface area contributed by atoms with Crippen LogP contribution in [0, 0.1) is 6.92 Å². The number of pyridine rings is 1. The van der Waals surface area contributed by atoms with Crippen molar-refractivity contribution in [3.8, 4) is 11.7 Å². The van der Waals surface area contributed by atoms with Gasteiger partial charge in [-0.1, -0.05) is 19.8 Å². The summed E-state index contributed by atoms with van der Waals surface area (Å²) in [6, 6.07) is 5.83. The zero-order chi connectivity index (χ0) is 12.8. The summed E-state index contributed by atoms with van der Waals surface area (Å²) in [6.07, 6.45) is 7.08. The van der Waals surface area contributed by atoms with Crippen LogP contribution in [0.15, 0.2) is 30.6 Å². The van der Waals surface area contributed by atoms with Gasteiger partial charge in [-0.3, -0.25) is 0 Å². The zero-order valence-corrected chi connectivity index (χ0v) is 11.0. The largest absolute Gasteiger partial charge is 0.478 e. The third kappa shape index (κ3) is 3.32. The van der Waals surface area contributed by atoms with E-state index < -0.39 is 0 Å². The van der Waals surface area contributed by atoms with Gasteiger partial charge in [-0.2, -0.15) is 10.1 Å². The normalized spacial score (nSPS) is 10.6. The van der Waals surface area contributed by atoms with Crippen LogP contribution in [-0.2, 0) is 0 Å². The molecule has 4 nitrogen and oxygen atoms in total. The lowest BCUT2D eigenvalue weighted by atomic mass is 10.2. The molecule has 0 amide bonds. The quantitative estimate of drug-likeness (QED) is 0.734. The molecule has 0 aliphatic carbocycles. The van der Waals surface area contributed by atoms with Gasteiger partial charge < -0.3 is 4.74 Å². The molecule has 0 unspecified atom stereocenters. The zero-order valence-electron chi connectivity index (χ0n) is 11.0. The maximum atomic E-state index is 5.68. The number of unbranched alkanes of at least 4 members (excludes halogenated alkanes) is 2. The van der Waals surface area contributed by atoms with Gasteiger partial charge in [0.25, 0.3) is 0 Å². The number of hydrogen-bond donors (Lipinski definition) is 0. The molecule has 0 bridgehead atoms. The third-order valence-corrected chi connectivity index (χ3v) is 2.67. The molecule has 0 saturated heterocycles. The van der Waals surface area contributed by atoms with Crippen molar-refractivity contribution in [3.63, 3.8) is 0 Å². The van der Waals surface area contributed by atoms with Crippen LogP contribution in [0.2, 0.25) is 0 Å².